The minimum absolute atomic E-state index is 0.0200. The Morgan fingerprint density at radius 2 is 1.85 bits per heavy atom. The lowest BCUT2D eigenvalue weighted by Crippen LogP contribution is -2.51. The molecule has 1 aromatic rings. The molecule has 20 heavy (non-hydrogen) atoms. The van der Waals surface area contributed by atoms with Crippen molar-refractivity contribution in [1.29, 1.82) is 0 Å². The number of benzene rings is 1. The molecule has 1 aliphatic carbocycles. The first-order chi connectivity index (χ1) is 9.64. The maximum atomic E-state index is 12.1. The number of carbonyl (C=O) groups excluding carboxylic acids is 1. The number of amides is 1. The summed E-state index contributed by atoms with van der Waals surface area (Å²) < 4.78 is 5.35. The molecule has 1 aliphatic rings. The summed E-state index contributed by atoms with van der Waals surface area (Å²) in [5.41, 5.74) is 7.70. The SMILES string of the molecule is CCOCc1ccc(CNC(=O)C2(N)CCCC2)cc1. The van der Waals surface area contributed by atoms with Gasteiger partial charge in [0.2, 0.25) is 5.91 Å². The molecule has 1 aromatic carbocycles. The third-order valence-electron chi connectivity index (χ3n) is 3.90. The van der Waals surface area contributed by atoms with Gasteiger partial charge in [0.05, 0.1) is 12.1 Å². The average Bonchev–Trinajstić information content (AvgIpc) is 2.92. The Hall–Kier alpha value is -1.39. The molecule has 1 fully saturated rings. The number of nitrogens with one attached hydrogen (secondary N) is 1. The molecule has 2 rings (SSSR count). The first-order valence-corrected chi connectivity index (χ1v) is 7.37. The van der Waals surface area contributed by atoms with Crippen LogP contribution in [-0.2, 0) is 22.7 Å². The molecule has 0 spiro atoms. The van der Waals surface area contributed by atoms with Gasteiger partial charge in [-0.15, -0.1) is 0 Å². The Morgan fingerprint density at radius 1 is 1.25 bits per heavy atom. The lowest BCUT2D eigenvalue weighted by Gasteiger charge is -2.22. The average molecular weight is 276 g/mol. The van der Waals surface area contributed by atoms with E-state index >= 15 is 0 Å². The predicted molar refractivity (Wildman–Crippen MR) is 79.0 cm³/mol. The van der Waals surface area contributed by atoms with Gasteiger partial charge in [0.1, 0.15) is 0 Å². The van der Waals surface area contributed by atoms with Crippen LogP contribution in [0, 0.1) is 0 Å². The third-order valence-corrected chi connectivity index (χ3v) is 3.90. The van der Waals surface area contributed by atoms with Crippen molar-refractivity contribution in [2.75, 3.05) is 6.61 Å². The van der Waals surface area contributed by atoms with Gasteiger partial charge < -0.3 is 15.8 Å². The van der Waals surface area contributed by atoms with Crippen molar-refractivity contribution in [3.05, 3.63) is 35.4 Å². The summed E-state index contributed by atoms with van der Waals surface area (Å²) in [6.07, 6.45) is 3.70. The molecule has 110 valence electrons. The molecule has 4 heteroatoms. The first-order valence-electron chi connectivity index (χ1n) is 7.37. The zero-order chi connectivity index (χ0) is 14.4. The molecule has 0 saturated heterocycles. The summed E-state index contributed by atoms with van der Waals surface area (Å²) in [4.78, 5) is 12.1. The molecule has 1 amide bonds. The summed E-state index contributed by atoms with van der Waals surface area (Å²) in [5.74, 6) is -0.0200. The normalized spacial score (nSPS) is 17.1. The molecule has 0 atom stereocenters. The topological polar surface area (TPSA) is 64.3 Å². The predicted octanol–water partition coefficient (Wildman–Crippen LogP) is 2.11. The molecule has 0 unspecified atom stereocenters. The van der Waals surface area contributed by atoms with Gasteiger partial charge in [0.25, 0.3) is 0 Å². The standard InChI is InChI=1S/C16H24N2O2/c1-2-20-12-14-7-5-13(6-8-14)11-18-15(19)16(17)9-3-4-10-16/h5-8H,2-4,9-12,17H2,1H3,(H,18,19). The number of rotatable bonds is 6. The van der Waals surface area contributed by atoms with Crippen molar-refractivity contribution < 1.29 is 9.53 Å². The van der Waals surface area contributed by atoms with E-state index in [1.807, 2.05) is 31.2 Å². The smallest absolute Gasteiger partial charge is 0.240 e. The van der Waals surface area contributed by atoms with Gasteiger partial charge in [-0.1, -0.05) is 37.1 Å². The largest absolute Gasteiger partial charge is 0.377 e. The minimum atomic E-state index is -0.644. The highest BCUT2D eigenvalue weighted by atomic mass is 16.5. The molecule has 0 aliphatic heterocycles. The van der Waals surface area contributed by atoms with Crippen LogP contribution in [0.5, 0.6) is 0 Å². The van der Waals surface area contributed by atoms with Crippen LogP contribution >= 0.6 is 0 Å². The van der Waals surface area contributed by atoms with Crippen molar-refractivity contribution in [3.8, 4) is 0 Å². The molecule has 4 nitrogen and oxygen atoms in total. The van der Waals surface area contributed by atoms with Gasteiger partial charge in [-0.2, -0.15) is 0 Å². The Labute approximate surface area is 120 Å². The van der Waals surface area contributed by atoms with E-state index in [1.165, 1.54) is 0 Å². The van der Waals surface area contributed by atoms with E-state index in [0.717, 1.165) is 43.4 Å². The lowest BCUT2D eigenvalue weighted by molar-refractivity contribution is -0.126. The first kappa shape index (κ1) is 15.0. The highest BCUT2D eigenvalue weighted by Crippen LogP contribution is 2.27. The molecule has 3 N–H and O–H groups in total. The van der Waals surface area contributed by atoms with E-state index in [0.29, 0.717) is 13.2 Å². The van der Waals surface area contributed by atoms with E-state index in [4.69, 9.17) is 10.5 Å². The van der Waals surface area contributed by atoms with E-state index in [2.05, 4.69) is 5.32 Å². The number of ether oxygens (including phenoxy) is 1. The van der Waals surface area contributed by atoms with Crippen LogP contribution in [0.2, 0.25) is 0 Å². The fourth-order valence-corrected chi connectivity index (χ4v) is 2.56. The summed E-state index contributed by atoms with van der Waals surface area (Å²) in [6.45, 7) is 3.87. The maximum Gasteiger partial charge on any atom is 0.240 e. The second kappa shape index (κ2) is 6.86. The van der Waals surface area contributed by atoms with Crippen molar-refractivity contribution in [3.63, 3.8) is 0 Å². The van der Waals surface area contributed by atoms with E-state index < -0.39 is 5.54 Å². The quantitative estimate of drug-likeness (QED) is 0.836. The zero-order valence-electron chi connectivity index (χ0n) is 12.2. The van der Waals surface area contributed by atoms with Crippen LogP contribution in [-0.4, -0.2) is 18.1 Å². The summed E-state index contributed by atoms with van der Waals surface area (Å²) in [5, 5.41) is 2.95. The number of carbonyl (C=O) groups is 1. The van der Waals surface area contributed by atoms with Crippen LogP contribution in [0.25, 0.3) is 0 Å². The third kappa shape index (κ3) is 3.81. The maximum absolute atomic E-state index is 12.1. The molecule has 0 bridgehead atoms. The summed E-state index contributed by atoms with van der Waals surface area (Å²) in [6, 6.07) is 8.11. The van der Waals surface area contributed by atoms with Gasteiger partial charge in [0, 0.05) is 13.2 Å². The summed E-state index contributed by atoms with van der Waals surface area (Å²) in [7, 11) is 0. The van der Waals surface area contributed by atoms with E-state index in [1.54, 1.807) is 0 Å². The fourth-order valence-electron chi connectivity index (χ4n) is 2.56. The number of hydrogen-bond acceptors (Lipinski definition) is 3. The van der Waals surface area contributed by atoms with Crippen molar-refractivity contribution in [2.24, 2.45) is 5.73 Å². The minimum Gasteiger partial charge on any atom is -0.377 e. The Balaban J connectivity index is 1.83. The van der Waals surface area contributed by atoms with Crippen LogP contribution in [0.4, 0.5) is 0 Å². The number of nitrogens with two attached hydrogens (primary N) is 1. The monoisotopic (exact) mass is 276 g/mol. The Morgan fingerprint density at radius 3 is 2.45 bits per heavy atom. The molecule has 1 saturated carbocycles. The highest BCUT2D eigenvalue weighted by molar-refractivity contribution is 5.86. The van der Waals surface area contributed by atoms with Gasteiger partial charge in [-0.05, 0) is 30.9 Å². The second-order valence-corrected chi connectivity index (χ2v) is 5.50. The van der Waals surface area contributed by atoms with Crippen LogP contribution in [0.15, 0.2) is 24.3 Å². The molecular formula is C16H24N2O2. The van der Waals surface area contributed by atoms with Crippen LogP contribution < -0.4 is 11.1 Å². The highest BCUT2D eigenvalue weighted by Gasteiger charge is 2.36. The molecular weight excluding hydrogens is 252 g/mol. The van der Waals surface area contributed by atoms with Gasteiger partial charge in [-0.25, -0.2) is 0 Å². The molecule has 0 heterocycles. The van der Waals surface area contributed by atoms with Gasteiger partial charge in [-0.3, -0.25) is 4.79 Å². The summed E-state index contributed by atoms with van der Waals surface area (Å²) >= 11 is 0. The van der Waals surface area contributed by atoms with E-state index in [-0.39, 0.29) is 5.91 Å². The van der Waals surface area contributed by atoms with Crippen molar-refractivity contribution in [1.82, 2.24) is 5.32 Å². The molecule has 0 aromatic heterocycles. The fraction of sp³-hybridized carbons (Fsp3) is 0.562. The molecule has 0 radical (unpaired) electrons. The van der Waals surface area contributed by atoms with Gasteiger partial charge in [0.15, 0.2) is 0 Å². The van der Waals surface area contributed by atoms with Crippen molar-refractivity contribution >= 4 is 5.91 Å². The van der Waals surface area contributed by atoms with Crippen LogP contribution in [0.3, 0.4) is 0 Å². The zero-order valence-corrected chi connectivity index (χ0v) is 12.2. The Bertz CT molecular complexity index is 436. The van der Waals surface area contributed by atoms with E-state index in [9.17, 15) is 4.79 Å². The van der Waals surface area contributed by atoms with Crippen LogP contribution in [0.1, 0.15) is 43.7 Å². The van der Waals surface area contributed by atoms with Crippen molar-refractivity contribution in [2.45, 2.75) is 51.3 Å². The van der Waals surface area contributed by atoms with Gasteiger partial charge >= 0.3 is 0 Å². The Kier molecular flexibility index (Phi) is 5.15. The second-order valence-electron chi connectivity index (χ2n) is 5.50. The number of hydrogen-bond donors (Lipinski definition) is 2. The lowest BCUT2D eigenvalue weighted by atomic mass is 9.98.